The van der Waals surface area contributed by atoms with E-state index in [1.165, 1.54) is 23.0 Å². The van der Waals surface area contributed by atoms with Gasteiger partial charge in [0.05, 0.1) is 18.1 Å². The second-order valence-electron chi connectivity index (χ2n) is 14.2. The van der Waals surface area contributed by atoms with Crippen LogP contribution in [0.25, 0.3) is 0 Å². The van der Waals surface area contributed by atoms with E-state index in [-0.39, 0.29) is 23.5 Å². The molecule has 3 aromatic rings. The molecular formula is C38H47N5O4. The third-order valence-electron chi connectivity index (χ3n) is 11.3. The number of aromatic nitrogens is 2. The number of aryl methyl sites for hydroxylation is 1. The fourth-order valence-electron chi connectivity index (χ4n) is 8.69. The molecule has 0 bridgehead atoms. The van der Waals surface area contributed by atoms with Gasteiger partial charge in [0.1, 0.15) is 17.8 Å². The van der Waals surface area contributed by atoms with Crippen molar-refractivity contribution in [2.75, 3.05) is 38.0 Å². The number of piperidine rings is 2. The van der Waals surface area contributed by atoms with Crippen molar-refractivity contribution in [3.8, 4) is 0 Å². The number of nitrogens with one attached hydrogen (secondary N) is 1. The lowest BCUT2D eigenvalue weighted by atomic mass is 9.74. The highest BCUT2D eigenvalue weighted by molar-refractivity contribution is 5.94. The number of hydrogen-bond donors (Lipinski definition) is 2. The van der Waals surface area contributed by atoms with Crippen LogP contribution in [0.15, 0.2) is 54.9 Å². The molecule has 0 saturated carbocycles. The summed E-state index contributed by atoms with van der Waals surface area (Å²) in [7, 11) is 0. The van der Waals surface area contributed by atoms with Crippen LogP contribution >= 0.6 is 0 Å². The first-order valence-corrected chi connectivity index (χ1v) is 17.4. The quantitative estimate of drug-likeness (QED) is 0.324. The molecule has 248 valence electrons. The predicted molar refractivity (Wildman–Crippen MR) is 181 cm³/mol. The normalized spacial score (nSPS) is 26.7. The van der Waals surface area contributed by atoms with Gasteiger partial charge in [-0.1, -0.05) is 54.1 Å². The highest BCUT2D eigenvalue weighted by Crippen LogP contribution is 2.51. The van der Waals surface area contributed by atoms with Crippen molar-refractivity contribution in [2.45, 2.75) is 94.8 Å². The average Bonchev–Trinajstić information content (AvgIpc) is 3.41. The minimum Gasteiger partial charge on any atom is -0.481 e. The van der Waals surface area contributed by atoms with Crippen molar-refractivity contribution in [1.82, 2.24) is 19.8 Å². The van der Waals surface area contributed by atoms with E-state index in [2.05, 4.69) is 63.5 Å². The van der Waals surface area contributed by atoms with E-state index < -0.39 is 11.9 Å². The molecule has 2 N–H and O–H groups in total. The number of fused-ring (bicyclic) bond motifs is 2. The van der Waals surface area contributed by atoms with Gasteiger partial charge in [-0.15, -0.1) is 0 Å². The standard InChI is InChI=1S/C38H47N5O4/c1-25-11-13-27(14-12-25)33-10-5-7-29(47-33)22-39-35-26(2)34(40-24-41-35)36(44)42-19-15-28(16-20-42)43-18-6-17-38(23-43)21-31(37(45)46)30-8-3-4-9-32(30)38/h3-4,8-9,11-14,24,28-29,31,33H,5-7,10,15-23H2,1-2H3,(H,45,46)(H,39,40,41)/t29-,31?,33+,38?/m1/s1. The molecule has 9 nitrogen and oxygen atoms in total. The number of carboxylic acid groups (broad SMARTS) is 1. The summed E-state index contributed by atoms with van der Waals surface area (Å²) >= 11 is 0. The summed E-state index contributed by atoms with van der Waals surface area (Å²) < 4.78 is 6.46. The van der Waals surface area contributed by atoms with Crippen LogP contribution in [0.2, 0.25) is 0 Å². The average molecular weight is 638 g/mol. The molecule has 7 rings (SSSR count). The highest BCUT2D eigenvalue weighted by Gasteiger charge is 2.49. The third-order valence-corrected chi connectivity index (χ3v) is 11.3. The van der Waals surface area contributed by atoms with Crippen LogP contribution in [0.5, 0.6) is 0 Å². The van der Waals surface area contributed by atoms with E-state index in [1.54, 1.807) is 0 Å². The maximum atomic E-state index is 13.7. The summed E-state index contributed by atoms with van der Waals surface area (Å²) in [4.78, 5) is 39.3. The van der Waals surface area contributed by atoms with Crippen LogP contribution in [0.1, 0.15) is 102 Å². The molecule has 47 heavy (non-hydrogen) atoms. The van der Waals surface area contributed by atoms with Crippen LogP contribution < -0.4 is 5.32 Å². The molecule has 3 saturated heterocycles. The van der Waals surface area contributed by atoms with Gasteiger partial charge in [0.2, 0.25) is 0 Å². The van der Waals surface area contributed by atoms with Crippen LogP contribution in [0.4, 0.5) is 5.82 Å². The number of nitrogens with zero attached hydrogens (tertiary/aromatic N) is 4. The monoisotopic (exact) mass is 637 g/mol. The number of amides is 1. The topological polar surface area (TPSA) is 108 Å². The van der Waals surface area contributed by atoms with Crippen molar-refractivity contribution < 1.29 is 19.4 Å². The van der Waals surface area contributed by atoms with Crippen LogP contribution in [-0.4, -0.2) is 81.6 Å². The highest BCUT2D eigenvalue weighted by atomic mass is 16.5. The van der Waals surface area contributed by atoms with Crippen molar-refractivity contribution in [3.63, 3.8) is 0 Å². The van der Waals surface area contributed by atoms with Gasteiger partial charge in [-0.25, -0.2) is 9.97 Å². The number of carbonyl (C=O) groups is 2. The minimum absolute atomic E-state index is 0.0381. The first kappa shape index (κ1) is 31.8. The Morgan fingerprint density at radius 3 is 2.55 bits per heavy atom. The number of aliphatic carboxylic acids is 1. The van der Waals surface area contributed by atoms with E-state index in [0.717, 1.165) is 69.2 Å². The number of rotatable bonds is 7. The molecule has 4 heterocycles. The lowest BCUT2D eigenvalue weighted by molar-refractivity contribution is -0.139. The smallest absolute Gasteiger partial charge is 0.311 e. The first-order chi connectivity index (χ1) is 22.8. The van der Waals surface area contributed by atoms with E-state index in [0.29, 0.717) is 43.6 Å². The Balaban J connectivity index is 0.951. The lowest BCUT2D eigenvalue weighted by Gasteiger charge is -2.47. The molecule has 3 aliphatic heterocycles. The third kappa shape index (κ3) is 6.40. The Morgan fingerprint density at radius 1 is 0.979 bits per heavy atom. The molecule has 2 aromatic carbocycles. The summed E-state index contributed by atoms with van der Waals surface area (Å²) in [6.45, 7) is 7.95. The second kappa shape index (κ2) is 13.4. The van der Waals surface area contributed by atoms with Crippen molar-refractivity contribution >= 4 is 17.7 Å². The van der Waals surface area contributed by atoms with Crippen LogP contribution in [0, 0.1) is 13.8 Å². The van der Waals surface area contributed by atoms with E-state index in [1.807, 2.05) is 24.0 Å². The summed E-state index contributed by atoms with van der Waals surface area (Å²) in [5.41, 5.74) is 5.84. The van der Waals surface area contributed by atoms with Crippen LogP contribution in [-0.2, 0) is 14.9 Å². The molecule has 1 amide bonds. The summed E-state index contributed by atoms with van der Waals surface area (Å²) in [5.74, 6) is -0.490. The number of anilines is 1. The van der Waals surface area contributed by atoms with Gasteiger partial charge in [-0.2, -0.15) is 0 Å². The SMILES string of the molecule is Cc1ccc([C@@H]2CCC[C@H](CNc3ncnc(C(=O)N4CCC(N5CCCC6(CC(C(=O)O)c7ccccc76)C5)CC4)c3C)O2)cc1. The lowest BCUT2D eigenvalue weighted by Crippen LogP contribution is -2.53. The van der Waals surface area contributed by atoms with Gasteiger partial charge in [0.15, 0.2) is 0 Å². The molecule has 1 spiro atoms. The number of benzene rings is 2. The molecule has 0 radical (unpaired) electrons. The van der Waals surface area contributed by atoms with Gasteiger partial charge < -0.3 is 20.1 Å². The zero-order chi connectivity index (χ0) is 32.5. The fraction of sp³-hybridized carbons (Fsp3) is 0.526. The zero-order valence-electron chi connectivity index (χ0n) is 27.7. The Labute approximate surface area is 277 Å². The summed E-state index contributed by atoms with van der Waals surface area (Å²) in [6.07, 6.45) is 9.39. The Morgan fingerprint density at radius 2 is 1.77 bits per heavy atom. The first-order valence-electron chi connectivity index (χ1n) is 17.4. The largest absolute Gasteiger partial charge is 0.481 e. The second-order valence-corrected chi connectivity index (χ2v) is 14.2. The van der Waals surface area contributed by atoms with Crippen molar-refractivity contribution in [2.24, 2.45) is 0 Å². The molecule has 9 heteroatoms. The van der Waals surface area contributed by atoms with Crippen LogP contribution in [0.3, 0.4) is 0 Å². The zero-order valence-corrected chi connectivity index (χ0v) is 27.7. The van der Waals surface area contributed by atoms with Gasteiger partial charge in [0, 0.05) is 43.2 Å². The van der Waals surface area contributed by atoms with E-state index >= 15 is 0 Å². The van der Waals surface area contributed by atoms with Gasteiger partial charge in [-0.3, -0.25) is 14.5 Å². The van der Waals surface area contributed by atoms with Crippen molar-refractivity contribution in [1.29, 1.82) is 0 Å². The maximum absolute atomic E-state index is 13.7. The number of likely N-dealkylation sites (tertiary alicyclic amines) is 2. The maximum Gasteiger partial charge on any atom is 0.311 e. The number of carboxylic acids is 1. The van der Waals surface area contributed by atoms with E-state index in [4.69, 9.17) is 4.74 Å². The molecular weight excluding hydrogens is 590 g/mol. The molecule has 4 aliphatic rings. The van der Waals surface area contributed by atoms with E-state index in [9.17, 15) is 14.7 Å². The molecule has 3 fully saturated rings. The Kier molecular flexibility index (Phi) is 9.03. The number of hydrogen-bond acceptors (Lipinski definition) is 7. The predicted octanol–water partition coefficient (Wildman–Crippen LogP) is 6.03. The van der Waals surface area contributed by atoms with Gasteiger partial charge in [0.25, 0.3) is 5.91 Å². The number of ether oxygens (including phenoxy) is 1. The molecule has 2 unspecified atom stereocenters. The minimum atomic E-state index is -0.717. The summed E-state index contributed by atoms with van der Waals surface area (Å²) in [5, 5.41) is 13.4. The molecule has 1 aromatic heterocycles. The fourth-order valence-corrected chi connectivity index (χ4v) is 8.69. The van der Waals surface area contributed by atoms with Gasteiger partial charge in [-0.05, 0) is 88.4 Å². The summed E-state index contributed by atoms with van der Waals surface area (Å²) in [6, 6.07) is 17.2. The molecule has 1 aliphatic carbocycles. The number of carbonyl (C=O) groups excluding carboxylic acids is 1. The molecule has 4 atom stereocenters. The van der Waals surface area contributed by atoms with Crippen molar-refractivity contribution in [3.05, 3.63) is 88.4 Å². The van der Waals surface area contributed by atoms with Gasteiger partial charge >= 0.3 is 5.97 Å². The Bertz CT molecular complexity index is 1600. The Hall–Kier alpha value is -3.82.